The number of anilines is 1. The number of nitrogens with one attached hydrogen (secondary N) is 1. The van der Waals surface area contributed by atoms with Crippen LogP contribution >= 0.6 is 0 Å². The van der Waals surface area contributed by atoms with E-state index in [2.05, 4.69) is 15.0 Å². The van der Waals surface area contributed by atoms with Crippen molar-refractivity contribution in [1.82, 2.24) is 4.98 Å². The van der Waals surface area contributed by atoms with Crippen LogP contribution in [-0.2, 0) is 19.1 Å². The van der Waals surface area contributed by atoms with Crippen LogP contribution in [-0.4, -0.2) is 30.1 Å². The molecule has 0 radical (unpaired) electrons. The number of nitrogens with zero attached hydrogens (tertiary/aromatic N) is 1. The molecule has 1 saturated heterocycles. The Morgan fingerprint density at radius 3 is 3.11 bits per heavy atom. The van der Waals surface area contributed by atoms with Crippen molar-refractivity contribution in [3.8, 4) is 0 Å². The number of aromatic nitrogens is 1. The molecule has 1 aliphatic rings. The van der Waals surface area contributed by atoms with Gasteiger partial charge in [-0.15, -0.1) is 0 Å². The van der Waals surface area contributed by atoms with Crippen LogP contribution in [0.15, 0.2) is 30.1 Å². The number of esters is 2. The fourth-order valence-corrected chi connectivity index (χ4v) is 1.69. The number of hydrogen-bond acceptors (Lipinski definition) is 6. The van der Waals surface area contributed by atoms with Gasteiger partial charge >= 0.3 is 11.9 Å². The molecule has 100 valence electrons. The molecule has 1 aromatic heterocycles. The van der Waals surface area contributed by atoms with Crippen LogP contribution in [0.4, 0.5) is 5.82 Å². The molecule has 1 fully saturated rings. The number of methoxy groups -OCH3 is 1. The van der Waals surface area contributed by atoms with Gasteiger partial charge in [-0.05, 0) is 24.6 Å². The predicted octanol–water partition coefficient (Wildman–Crippen LogP) is 1.17. The smallest absolute Gasteiger partial charge is 0.347 e. The fraction of sp³-hybridized carbons (Fsp3) is 0.308. The number of rotatable bonds is 3. The molecule has 0 aromatic carbocycles. The van der Waals surface area contributed by atoms with Crippen molar-refractivity contribution in [1.29, 1.82) is 0 Å². The van der Waals surface area contributed by atoms with Gasteiger partial charge in [0.25, 0.3) is 0 Å². The fourth-order valence-electron chi connectivity index (χ4n) is 1.69. The maximum absolute atomic E-state index is 11.5. The third kappa shape index (κ3) is 3.09. The average molecular weight is 262 g/mol. The standard InChI is InChI=1S/C13H14N2O4/c1-8-3-4-14-11(5-8)15-7-9-6-10(13(17)18-2)19-12(9)16/h3-5,7,10H,6H2,1-2H3,(H,14,15)/b9-7+/t10-/m0/s1. The van der Waals surface area contributed by atoms with Gasteiger partial charge < -0.3 is 14.8 Å². The summed E-state index contributed by atoms with van der Waals surface area (Å²) in [4.78, 5) is 26.9. The third-order valence-electron chi connectivity index (χ3n) is 2.69. The highest BCUT2D eigenvalue weighted by atomic mass is 16.6. The molecule has 1 N–H and O–H groups in total. The van der Waals surface area contributed by atoms with E-state index in [1.807, 2.05) is 19.1 Å². The quantitative estimate of drug-likeness (QED) is 0.651. The number of cyclic esters (lactones) is 1. The molecule has 19 heavy (non-hydrogen) atoms. The summed E-state index contributed by atoms with van der Waals surface area (Å²) in [7, 11) is 1.26. The lowest BCUT2D eigenvalue weighted by atomic mass is 10.2. The van der Waals surface area contributed by atoms with Crippen LogP contribution in [0.25, 0.3) is 0 Å². The second-order valence-electron chi connectivity index (χ2n) is 4.15. The van der Waals surface area contributed by atoms with Crippen molar-refractivity contribution in [2.45, 2.75) is 19.4 Å². The first-order valence-corrected chi connectivity index (χ1v) is 5.77. The minimum absolute atomic E-state index is 0.199. The Labute approximate surface area is 110 Å². The van der Waals surface area contributed by atoms with E-state index >= 15 is 0 Å². The minimum atomic E-state index is -0.851. The highest BCUT2D eigenvalue weighted by Crippen LogP contribution is 2.21. The summed E-state index contributed by atoms with van der Waals surface area (Å²) in [5.74, 6) is -0.442. The second kappa shape index (κ2) is 5.51. The predicted molar refractivity (Wildman–Crippen MR) is 67.2 cm³/mol. The van der Waals surface area contributed by atoms with Crippen LogP contribution in [0.5, 0.6) is 0 Å². The molecule has 0 spiro atoms. The number of pyridine rings is 1. The van der Waals surface area contributed by atoms with E-state index < -0.39 is 18.0 Å². The lowest BCUT2D eigenvalue weighted by Crippen LogP contribution is -2.21. The van der Waals surface area contributed by atoms with E-state index in [9.17, 15) is 9.59 Å². The lowest BCUT2D eigenvalue weighted by Gasteiger charge is -2.03. The van der Waals surface area contributed by atoms with E-state index in [0.29, 0.717) is 11.4 Å². The van der Waals surface area contributed by atoms with Crippen molar-refractivity contribution in [2.24, 2.45) is 0 Å². The zero-order valence-electron chi connectivity index (χ0n) is 10.7. The normalized spacial score (nSPS) is 20.2. The van der Waals surface area contributed by atoms with Crippen LogP contribution in [0.3, 0.4) is 0 Å². The molecule has 2 heterocycles. The van der Waals surface area contributed by atoms with Gasteiger partial charge in [-0.3, -0.25) is 0 Å². The molecule has 0 amide bonds. The Kier molecular flexibility index (Phi) is 3.79. The summed E-state index contributed by atoms with van der Waals surface area (Å²) in [6.07, 6.45) is 2.52. The van der Waals surface area contributed by atoms with Gasteiger partial charge in [-0.1, -0.05) is 0 Å². The second-order valence-corrected chi connectivity index (χ2v) is 4.15. The van der Waals surface area contributed by atoms with Crippen molar-refractivity contribution < 1.29 is 19.1 Å². The van der Waals surface area contributed by atoms with Gasteiger partial charge in [0, 0.05) is 18.8 Å². The molecule has 0 unspecified atom stereocenters. The van der Waals surface area contributed by atoms with E-state index in [0.717, 1.165) is 5.56 Å². The molecule has 0 saturated carbocycles. The van der Waals surface area contributed by atoms with Crippen LogP contribution in [0.1, 0.15) is 12.0 Å². The lowest BCUT2D eigenvalue weighted by molar-refractivity contribution is -0.158. The van der Waals surface area contributed by atoms with Crippen LogP contribution < -0.4 is 5.32 Å². The topological polar surface area (TPSA) is 77.5 Å². The Balaban J connectivity index is 2.04. The maximum Gasteiger partial charge on any atom is 0.347 e. The van der Waals surface area contributed by atoms with Crippen molar-refractivity contribution in [3.05, 3.63) is 35.7 Å². The molecule has 6 heteroatoms. The first-order valence-electron chi connectivity index (χ1n) is 5.77. The number of hydrogen-bond donors (Lipinski definition) is 1. The first-order chi connectivity index (χ1) is 9.10. The summed E-state index contributed by atoms with van der Waals surface area (Å²) in [6, 6.07) is 3.71. The largest absolute Gasteiger partial charge is 0.466 e. The third-order valence-corrected chi connectivity index (χ3v) is 2.69. The summed E-state index contributed by atoms with van der Waals surface area (Å²) in [5, 5.41) is 2.91. The zero-order valence-corrected chi connectivity index (χ0v) is 10.7. The molecule has 1 aromatic rings. The molecule has 1 atom stereocenters. The summed E-state index contributed by atoms with van der Waals surface area (Å²) >= 11 is 0. The summed E-state index contributed by atoms with van der Waals surface area (Å²) in [6.45, 7) is 1.94. The number of ether oxygens (including phenoxy) is 2. The molecule has 0 aliphatic carbocycles. The highest BCUT2D eigenvalue weighted by molar-refractivity contribution is 5.95. The molecular weight excluding hydrogens is 248 g/mol. The van der Waals surface area contributed by atoms with E-state index in [1.165, 1.54) is 13.3 Å². The van der Waals surface area contributed by atoms with Crippen LogP contribution in [0.2, 0.25) is 0 Å². The van der Waals surface area contributed by atoms with Crippen molar-refractivity contribution in [2.75, 3.05) is 12.4 Å². The number of carbonyl (C=O) groups is 2. The van der Waals surface area contributed by atoms with Gasteiger partial charge in [0.2, 0.25) is 6.10 Å². The Morgan fingerprint density at radius 2 is 2.42 bits per heavy atom. The first kappa shape index (κ1) is 13.1. The van der Waals surface area contributed by atoms with Crippen molar-refractivity contribution >= 4 is 17.8 Å². The van der Waals surface area contributed by atoms with Crippen molar-refractivity contribution in [3.63, 3.8) is 0 Å². The molecule has 2 rings (SSSR count). The number of carbonyl (C=O) groups excluding carboxylic acids is 2. The van der Waals surface area contributed by atoms with Crippen LogP contribution in [0, 0.1) is 6.92 Å². The average Bonchev–Trinajstić information content (AvgIpc) is 2.77. The summed E-state index contributed by atoms with van der Waals surface area (Å²) in [5.41, 5.74) is 1.44. The van der Waals surface area contributed by atoms with E-state index in [-0.39, 0.29) is 6.42 Å². The molecular formula is C13H14N2O4. The molecule has 1 aliphatic heterocycles. The highest BCUT2D eigenvalue weighted by Gasteiger charge is 2.34. The maximum atomic E-state index is 11.5. The van der Waals surface area contributed by atoms with Gasteiger partial charge in [-0.25, -0.2) is 14.6 Å². The monoisotopic (exact) mass is 262 g/mol. The number of aryl methyl sites for hydroxylation is 1. The van der Waals surface area contributed by atoms with Gasteiger partial charge in [0.1, 0.15) is 5.82 Å². The summed E-state index contributed by atoms with van der Waals surface area (Å²) < 4.78 is 9.43. The van der Waals surface area contributed by atoms with Gasteiger partial charge in [0.05, 0.1) is 12.7 Å². The molecule has 6 nitrogen and oxygen atoms in total. The SMILES string of the molecule is COC(=O)[C@@H]1C/C(=C\Nc2cc(C)ccn2)C(=O)O1. The molecule has 0 bridgehead atoms. The zero-order chi connectivity index (χ0) is 13.8. The van der Waals surface area contributed by atoms with E-state index in [4.69, 9.17) is 4.74 Å². The van der Waals surface area contributed by atoms with Gasteiger partial charge in [0.15, 0.2) is 0 Å². The van der Waals surface area contributed by atoms with Gasteiger partial charge in [-0.2, -0.15) is 0 Å². The van der Waals surface area contributed by atoms with E-state index in [1.54, 1.807) is 6.20 Å². The Bertz CT molecular complexity index is 539. The minimum Gasteiger partial charge on any atom is -0.466 e. The Hall–Kier alpha value is -2.37. The Morgan fingerprint density at radius 1 is 1.63 bits per heavy atom.